The van der Waals surface area contributed by atoms with Gasteiger partial charge in [-0.1, -0.05) is 15.9 Å². The molecule has 1 amide bonds. The molecule has 2 aromatic rings. The van der Waals surface area contributed by atoms with Crippen LogP contribution in [0.25, 0.3) is 0 Å². The molecule has 0 saturated carbocycles. The van der Waals surface area contributed by atoms with E-state index >= 15 is 0 Å². The monoisotopic (exact) mass is 365 g/mol. The minimum atomic E-state index is -1.08. The van der Waals surface area contributed by atoms with Crippen LogP contribution in [0, 0.1) is 6.92 Å². The molecule has 0 aliphatic heterocycles. The summed E-state index contributed by atoms with van der Waals surface area (Å²) in [4.78, 5) is 23.4. The molecule has 0 fully saturated rings. The average Bonchev–Trinajstić information content (AvgIpc) is 2.78. The van der Waals surface area contributed by atoms with Crippen molar-refractivity contribution in [3.8, 4) is 0 Å². The number of carboxylic acids is 1. The van der Waals surface area contributed by atoms with Crippen LogP contribution < -0.4 is 5.32 Å². The van der Waals surface area contributed by atoms with Crippen molar-refractivity contribution < 1.29 is 14.7 Å². The normalized spacial score (nSPS) is 12.0. The quantitative estimate of drug-likeness (QED) is 0.872. The molecule has 2 N–H and O–H groups in total. The van der Waals surface area contributed by atoms with Gasteiger partial charge in [0.2, 0.25) is 0 Å². The highest BCUT2D eigenvalue weighted by Crippen LogP contribution is 2.19. The van der Waals surface area contributed by atoms with Crippen LogP contribution in [0.3, 0.4) is 0 Å². The van der Waals surface area contributed by atoms with Crippen LogP contribution in [0.1, 0.15) is 44.9 Å². The van der Waals surface area contributed by atoms with E-state index in [1.165, 1.54) is 12.1 Å². The zero-order chi connectivity index (χ0) is 16.4. The predicted molar refractivity (Wildman–Crippen MR) is 84.9 cm³/mol. The maximum absolute atomic E-state index is 12.3. The molecule has 6 nitrogen and oxygen atoms in total. The summed E-state index contributed by atoms with van der Waals surface area (Å²) >= 11 is 3.22. The largest absolute Gasteiger partial charge is 0.478 e. The van der Waals surface area contributed by atoms with Crippen molar-refractivity contribution in [2.75, 3.05) is 0 Å². The van der Waals surface area contributed by atoms with Gasteiger partial charge in [-0.15, -0.1) is 0 Å². The van der Waals surface area contributed by atoms with Crippen LogP contribution in [0.4, 0.5) is 0 Å². The zero-order valence-electron chi connectivity index (χ0n) is 12.4. The second-order valence-corrected chi connectivity index (χ2v) is 5.95. The molecule has 0 aliphatic rings. The van der Waals surface area contributed by atoms with E-state index in [1.54, 1.807) is 16.9 Å². The number of aromatic nitrogens is 2. The van der Waals surface area contributed by atoms with E-state index in [-0.39, 0.29) is 17.5 Å². The third kappa shape index (κ3) is 3.36. The third-order valence-electron chi connectivity index (χ3n) is 3.49. The van der Waals surface area contributed by atoms with E-state index in [2.05, 4.69) is 26.3 Å². The summed E-state index contributed by atoms with van der Waals surface area (Å²) in [5.41, 5.74) is 2.24. The smallest absolute Gasteiger partial charge is 0.335 e. The van der Waals surface area contributed by atoms with Crippen molar-refractivity contribution in [2.24, 2.45) is 7.05 Å². The molecule has 2 rings (SSSR count). The van der Waals surface area contributed by atoms with E-state index in [0.717, 1.165) is 11.3 Å². The Hall–Kier alpha value is -2.15. The molecule has 116 valence electrons. The van der Waals surface area contributed by atoms with Gasteiger partial charge >= 0.3 is 5.97 Å². The fourth-order valence-corrected chi connectivity index (χ4v) is 2.64. The molecule has 1 unspecified atom stereocenters. The molecule has 0 spiro atoms. The Labute approximate surface area is 136 Å². The van der Waals surface area contributed by atoms with Crippen LogP contribution in [0.5, 0.6) is 0 Å². The second kappa shape index (κ2) is 6.31. The standard InChI is InChI=1S/C15H16BrN3O3/c1-8(13-7-17-19(3)9(13)2)18-14(20)10-4-11(15(21)22)6-12(16)5-10/h4-8H,1-3H3,(H,18,20)(H,21,22). The molecule has 1 aromatic heterocycles. The Morgan fingerprint density at radius 1 is 1.32 bits per heavy atom. The molecule has 1 atom stereocenters. The Bertz CT molecular complexity index is 740. The lowest BCUT2D eigenvalue weighted by Crippen LogP contribution is -2.27. The SMILES string of the molecule is Cc1c(C(C)NC(=O)c2cc(Br)cc(C(=O)O)c2)cnn1C. The molecule has 0 bridgehead atoms. The van der Waals surface area contributed by atoms with Gasteiger partial charge in [0.05, 0.1) is 17.8 Å². The van der Waals surface area contributed by atoms with Gasteiger partial charge in [0.15, 0.2) is 0 Å². The van der Waals surface area contributed by atoms with Crippen LogP contribution in [0.2, 0.25) is 0 Å². The van der Waals surface area contributed by atoms with E-state index in [0.29, 0.717) is 10.0 Å². The molecule has 1 aromatic carbocycles. The number of aryl methyl sites for hydroxylation is 1. The second-order valence-electron chi connectivity index (χ2n) is 5.04. The summed E-state index contributed by atoms with van der Waals surface area (Å²) in [6.45, 7) is 3.78. The van der Waals surface area contributed by atoms with Crippen molar-refractivity contribution in [3.63, 3.8) is 0 Å². The van der Waals surface area contributed by atoms with Crippen LogP contribution in [0.15, 0.2) is 28.9 Å². The number of rotatable bonds is 4. The number of carbonyl (C=O) groups is 2. The lowest BCUT2D eigenvalue weighted by molar-refractivity contribution is 0.0697. The fraction of sp³-hybridized carbons (Fsp3) is 0.267. The van der Waals surface area contributed by atoms with Crippen LogP contribution in [-0.2, 0) is 7.05 Å². The molecule has 0 radical (unpaired) electrons. The number of halogens is 1. The first-order valence-corrected chi connectivity index (χ1v) is 7.42. The number of hydrogen-bond donors (Lipinski definition) is 2. The van der Waals surface area contributed by atoms with Crippen molar-refractivity contribution in [2.45, 2.75) is 19.9 Å². The maximum atomic E-state index is 12.3. The van der Waals surface area contributed by atoms with Crippen LogP contribution in [-0.4, -0.2) is 26.8 Å². The van der Waals surface area contributed by atoms with Gasteiger partial charge < -0.3 is 10.4 Å². The zero-order valence-corrected chi connectivity index (χ0v) is 14.0. The first-order valence-electron chi connectivity index (χ1n) is 6.63. The number of carbonyl (C=O) groups excluding carboxylic acids is 1. The summed E-state index contributed by atoms with van der Waals surface area (Å²) in [5.74, 6) is -1.41. The summed E-state index contributed by atoms with van der Waals surface area (Å²) in [6, 6.07) is 4.16. The Morgan fingerprint density at radius 3 is 2.50 bits per heavy atom. The fourth-order valence-electron chi connectivity index (χ4n) is 2.14. The number of carboxylic acid groups (broad SMARTS) is 1. The van der Waals surface area contributed by atoms with E-state index in [9.17, 15) is 9.59 Å². The average molecular weight is 366 g/mol. The number of nitrogens with zero attached hydrogens (tertiary/aromatic N) is 2. The Kier molecular flexibility index (Phi) is 4.65. The number of hydrogen-bond acceptors (Lipinski definition) is 3. The minimum Gasteiger partial charge on any atom is -0.478 e. The number of nitrogens with one attached hydrogen (secondary N) is 1. The molecule has 7 heteroatoms. The highest BCUT2D eigenvalue weighted by Gasteiger charge is 2.17. The predicted octanol–water partition coefficient (Wildman–Crippen LogP) is 2.68. The molecule has 22 heavy (non-hydrogen) atoms. The topological polar surface area (TPSA) is 84.2 Å². The lowest BCUT2D eigenvalue weighted by atomic mass is 10.1. The van der Waals surface area contributed by atoms with Gasteiger partial charge in [-0.05, 0) is 32.0 Å². The summed E-state index contributed by atoms with van der Waals surface area (Å²) in [6.07, 6.45) is 1.71. The van der Waals surface area contributed by atoms with Gasteiger partial charge in [0, 0.05) is 28.3 Å². The van der Waals surface area contributed by atoms with Gasteiger partial charge in [0.25, 0.3) is 5.91 Å². The van der Waals surface area contributed by atoms with E-state index in [1.807, 2.05) is 20.9 Å². The Morgan fingerprint density at radius 2 is 1.95 bits per heavy atom. The van der Waals surface area contributed by atoms with Crippen molar-refractivity contribution in [1.82, 2.24) is 15.1 Å². The number of amides is 1. The highest BCUT2D eigenvalue weighted by molar-refractivity contribution is 9.10. The first-order chi connectivity index (χ1) is 10.3. The maximum Gasteiger partial charge on any atom is 0.335 e. The van der Waals surface area contributed by atoms with Gasteiger partial charge in [-0.25, -0.2) is 4.79 Å². The molecule has 0 saturated heterocycles. The van der Waals surface area contributed by atoms with Crippen LogP contribution >= 0.6 is 15.9 Å². The molecular formula is C15H16BrN3O3. The van der Waals surface area contributed by atoms with Crippen molar-refractivity contribution >= 4 is 27.8 Å². The number of benzene rings is 1. The lowest BCUT2D eigenvalue weighted by Gasteiger charge is -2.14. The molecular weight excluding hydrogens is 350 g/mol. The van der Waals surface area contributed by atoms with Gasteiger partial charge in [-0.2, -0.15) is 5.10 Å². The van der Waals surface area contributed by atoms with E-state index in [4.69, 9.17) is 5.11 Å². The Balaban J connectivity index is 2.22. The molecule has 1 heterocycles. The van der Waals surface area contributed by atoms with Gasteiger partial charge in [0.1, 0.15) is 0 Å². The summed E-state index contributed by atoms with van der Waals surface area (Å²) < 4.78 is 2.28. The summed E-state index contributed by atoms with van der Waals surface area (Å²) in [5, 5.41) is 16.1. The summed E-state index contributed by atoms with van der Waals surface area (Å²) in [7, 11) is 1.83. The highest BCUT2D eigenvalue weighted by atomic mass is 79.9. The first kappa shape index (κ1) is 16.2. The van der Waals surface area contributed by atoms with Crippen molar-refractivity contribution in [3.05, 3.63) is 51.3 Å². The third-order valence-corrected chi connectivity index (χ3v) is 3.95. The number of aromatic carboxylic acids is 1. The molecule has 0 aliphatic carbocycles. The van der Waals surface area contributed by atoms with Gasteiger partial charge in [-0.3, -0.25) is 9.48 Å². The minimum absolute atomic E-state index is 0.0599. The van der Waals surface area contributed by atoms with Crippen molar-refractivity contribution in [1.29, 1.82) is 0 Å². The van der Waals surface area contributed by atoms with E-state index < -0.39 is 5.97 Å².